The molecule has 0 fully saturated rings. The van der Waals surface area contributed by atoms with E-state index in [0.29, 0.717) is 6.42 Å². The third-order valence-corrected chi connectivity index (χ3v) is 3.63. The zero-order valence-corrected chi connectivity index (χ0v) is 10.8. The second-order valence-electron chi connectivity index (χ2n) is 3.96. The molecule has 2 aromatic carbocycles. The minimum atomic E-state index is 0.236. The maximum atomic E-state index is 11.0. The Morgan fingerprint density at radius 1 is 1.19 bits per heavy atom. The Bertz CT molecular complexity index is 531. The summed E-state index contributed by atoms with van der Waals surface area (Å²) in [5.74, 6) is 0.236. The normalized spacial score (nSPS) is 10.6. The molecule has 82 valence electrons. The summed E-state index contributed by atoms with van der Waals surface area (Å²) in [5, 5.41) is 2.43. The fraction of sp³-hybridized carbons (Fsp3) is 0.214. The van der Waals surface area contributed by atoms with E-state index in [1.807, 2.05) is 12.1 Å². The van der Waals surface area contributed by atoms with E-state index in [9.17, 15) is 4.79 Å². The van der Waals surface area contributed by atoms with Crippen LogP contribution in [-0.2, 0) is 11.2 Å². The van der Waals surface area contributed by atoms with Gasteiger partial charge in [-0.3, -0.25) is 0 Å². The van der Waals surface area contributed by atoms with Gasteiger partial charge in [0, 0.05) is 10.9 Å². The monoisotopic (exact) mass is 276 g/mol. The summed E-state index contributed by atoms with van der Waals surface area (Å²) in [5.41, 5.74) is 1.20. The molecule has 0 aliphatic heterocycles. The number of aryl methyl sites for hydroxylation is 1. The van der Waals surface area contributed by atoms with E-state index in [2.05, 4.69) is 40.2 Å². The number of rotatable bonds is 3. The standard InChI is InChI=1S/C14H13BrO/c1-10(16)6-7-12-9-8-11-4-2-3-5-13(11)14(12)15/h2-5,8-9H,6-7H2,1H3. The van der Waals surface area contributed by atoms with Crippen LogP contribution in [0.5, 0.6) is 0 Å². The van der Waals surface area contributed by atoms with Crippen LogP contribution in [0.2, 0.25) is 0 Å². The minimum Gasteiger partial charge on any atom is -0.300 e. The van der Waals surface area contributed by atoms with Gasteiger partial charge in [0.25, 0.3) is 0 Å². The molecule has 2 rings (SSSR count). The van der Waals surface area contributed by atoms with Gasteiger partial charge in [0.15, 0.2) is 0 Å². The van der Waals surface area contributed by atoms with Gasteiger partial charge in [-0.2, -0.15) is 0 Å². The molecule has 1 nitrogen and oxygen atoms in total. The van der Waals surface area contributed by atoms with Crippen LogP contribution < -0.4 is 0 Å². The smallest absolute Gasteiger partial charge is 0.130 e. The number of carbonyl (C=O) groups excluding carboxylic acids is 1. The van der Waals surface area contributed by atoms with Gasteiger partial charge in [-0.25, -0.2) is 0 Å². The van der Waals surface area contributed by atoms with Gasteiger partial charge < -0.3 is 4.79 Å². The van der Waals surface area contributed by atoms with Gasteiger partial charge >= 0.3 is 0 Å². The summed E-state index contributed by atoms with van der Waals surface area (Å²) in [4.78, 5) is 11.0. The Hall–Kier alpha value is -1.15. The van der Waals surface area contributed by atoms with Crippen LogP contribution in [0.1, 0.15) is 18.9 Å². The Kier molecular flexibility index (Phi) is 3.39. The number of hydrogen-bond donors (Lipinski definition) is 0. The summed E-state index contributed by atoms with van der Waals surface area (Å²) in [6.07, 6.45) is 1.41. The van der Waals surface area contributed by atoms with E-state index in [1.165, 1.54) is 16.3 Å². The molecule has 0 saturated heterocycles. The van der Waals surface area contributed by atoms with Crippen LogP contribution in [0.15, 0.2) is 40.9 Å². The van der Waals surface area contributed by atoms with Crippen molar-refractivity contribution in [3.63, 3.8) is 0 Å². The van der Waals surface area contributed by atoms with Crippen molar-refractivity contribution in [2.75, 3.05) is 0 Å². The van der Waals surface area contributed by atoms with Crippen molar-refractivity contribution in [1.82, 2.24) is 0 Å². The van der Waals surface area contributed by atoms with Gasteiger partial charge in [-0.1, -0.05) is 36.4 Å². The highest BCUT2D eigenvalue weighted by Crippen LogP contribution is 2.28. The van der Waals surface area contributed by atoms with Crippen molar-refractivity contribution in [1.29, 1.82) is 0 Å². The number of hydrogen-bond acceptors (Lipinski definition) is 1. The summed E-state index contributed by atoms with van der Waals surface area (Å²) in [6, 6.07) is 12.4. The summed E-state index contributed by atoms with van der Waals surface area (Å²) < 4.78 is 1.12. The molecular weight excluding hydrogens is 264 g/mol. The zero-order chi connectivity index (χ0) is 11.5. The second-order valence-corrected chi connectivity index (χ2v) is 4.75. The van der Waals surface area contributed by atoms with E-state index in [4.69, 9.17) is 0 Å². The average Bonchev–Trinajstić information content (AvgIpc) is 2.28. The van der Waals surface area contributed by atoms with Gasteiger partial charge in [0.05, 0.1) is 0 Å². The van der Waals surface area contributed by atoms with Crippen LogP contribution in [0, 0.1) is 0 Å². The molecule has 16 heavy (non-hydrogen) atoms. The highest BCUT2D eigenvalue weighted by Gasteiger charge is 2.05. The van der Waals surface area contributed by atoms with Crippen LogP contribution in [0.3, 0.4) is 0 Å². The molecule has 0 aromatic heterocycles. The maximum absolute atomic E-state index is 11.0. The number of halogens is 1. The Labute approximate surface area is 104 Å². The first-order chi connectivity index (χ1) is 7.68. The molecule has 0 aliphatic carbocycles. The molecule has 2 heteroatoms. The molecule has 0 amide bonds. The van der Waals surface area contributed by atoms with Crippen LogP contribution in [0.25, 0.3) is 10.8 Å². The van der Waals surface area contributed by atoms with Crippen molar-refractivity contribution < 1.29 is 4.79 Å². The van der Waals surface area contributed by atoms with E-state index in [-0.39, 0.29) is 5.78 Å². The second kappa shape index (κ2) is 4.79. The summed E-state index contributed by atoms with van der Waals surface area (Å²) in [7, 11) is 0. The van der Waals surface area contributed by atoms with E-state index in [0.717, 1.165) is 10.9 Å². The van der Waals surface area contributed by atoms with Crippen molar-refractivity contribution in [3.8, 4) is 0 Å². The molecular formula is C14H13BrO. The zero-order valence-electron chi connectivity index (χ0n) is 9.16. The molecule has 0 saturated carbocycles. The first kappa shape index (κ1) is 11.3. The number of benzene rings is 2. The minimum absolute atomic E-state index is 0.236. The Morgan fingerprint density at radius 2 is 1.94 bits per heavy atom. The fourth-order valence-electron chi connectivity index (χ4n) is 1.78. The number of fused-ring (bicyclic) bond motifs is 1. The lowest BCUT2D eigenvalue weighted by Gasteiger charge is -2.07. The van der Waals surface area contributed by atoms with Gasteiger partial charge in [-0.15, -0.1) is 0 Å². The predicted octanol–water partition coefficient (Wildman–Crippen LogP) is 4.12. The summed E-state index contributed by atoms with van der Waals surface area (Å²) in [6.45, 7) is 1.63. The fourth-order valence-corrected chi connectivity index (χ4v) is 2.47. The number of Topliss-reactive ketones (excluding diaryl/α,β-unsaturated/α-hetero) is 1. The largest absolute Gasteiger partial charge is 0.300 e. The van der Waals surface area contributed by atoms with Crippen LogP contribution in [0.4, 0.5) is 0 Å². The number of carbonyl (C=O) groups is 1. The first-order valence-corrected chi connectivity index (χ1v) is 6.13. The molecule has 0 bridgehead atoms. The van der Waals surface area contributed by atoms with E-state index < -0.39 is 0 Å². The molecule has 0 radical (unpaired) electrons. The lowest BCUT2D eigenvalue weighted by Crippen LogP contribution is -1.95. The third-order valence-electron chi connectivity index (χ3n) is 2.69. The Morgan fingerprint density at radius 3 is 2.69 bits per heavy atom. The summed E-state index contributed by atoms with van der Waals surface area (Å²) >= 11 is 3.62. The van der Waals surface area contributed by atoms with Gasteiger partial charge in [-0.05, 0) is 45.6 Å². The molecule has 0 aliphatic rings. The van der Waals surface area contributed by atoms with Crippen molar-refractivity contribution >= 4 is 32.5 Å². The van der Waals surface area contributed by atoms with Crippen LogP contribution >= 0.6 is 15.9 Å². The molecule has 0 atom stereocenters. The lowest BCUT2D eigenvalue weighted by molar-refractivity contribution is -0.116. The van der Waals surface area contributed by atoms with Crippen molar-refractivity contribution in [2.45, 2.75) is 19.8 Å². The maximum Gasteiger partial charge on any atom is 0.130 e. The van der Waals surface area contributed by atoms with Crippen molar-refractivity contribution in [3.05, 3.63) is 46.4 Å². The predicted molar refractivity (Wildman–Crippen MR) is 70.7 cm³/mol. The molecule has 0 heterocycles. The molecule has 0 unspecified atom stereocenters. The first-order valence-electron chi connectivity index (χ1n) is 5.34. The van der Waals surface area contributed by atoms with Gasteiger partial charge in [0.1, 0.15) is 5.78 Å². The highest BCUT2D eigenvalue weighted by molar-refractivity contribution is 9.10. The molecule has 0 spiro atoms. The topological polar surface area (TPSA) is 17.1 Å². The highest BCUT2D eigenvalue weighted by atomic mass is 79.9. The molecule has 2 aromatic rings. The van der Waals surface area contributed by atoms with E-state index >= 15 is 0 Å². The van der Waals surface area contributed by atoms with Crippen molar-refractivity contribution in [2.24, 2.45) is 0 Å². The molecule has 0 N–H and O–H groups in total. The number of ketones is 1. The lowest BCUT2D eigenvalue weighted by atomic mass is 10.0. The Balaban J connectivity index is 2.40. The van der Waals surface area contributed by atoms with Crippen LogP contribution in [-0.4, -0.2) is 5.78 Å². The quantitative estimate of drug-likeness (QED) is 0.824. The third kappa shape index (κ3) is 2.33. The SMILES string of the molecule is CC(=O)CCc1ccc2ccccc2c1Br. The van der Waals surface area contributed by atoms with E-state index in [1.54, 1.807) is 6.92 Å². The van der Waals surface area contributed by atoms with Gasteiger partial charge in [0.2, 0.25) is 0 Å². The average molecular weight is 277 g/mol.